The van der Waals surface area contributed by atoms with Gasteiger partial charge in [-0.2, -0.15) is 5.26 Å². The number of esters is 1. The maximum absolute atomic E-state index is 15.0. The quantitative estimate of drug-likeness (QED) is 0.174. The van der Waals surface area contributed by atoms with Gasteiger partial charge < -0.3 is 25.3 Å². The number of aromatic nitrogens is 1. The van der Waals surface area contributed by atoms with E-state index >= 15 is 0 Å². The number of urea groups is 1. The number of ketones is 1. The number of anilines is 1. The lowest BCUT2D eigenvalue weighted by atomic mass is 10.00. The predicted octanol–water partition coefficient (Wildman–Crippen LogP) is 3.36. The van der Waals surface area contributed by atoms with Crippen molar-refractivity contribution in [3.05, 3.63) is 53.0 Å². The number of hydrogen-bond donors (Lipinski definition) is 3. The summed E-state index contributed by atoms with van der Waals surface area (Å²) in [5.74, 6) is -2.89. The van der Waals surface area contributed by atoms with Gasteiger partial charge in [0, 0.05) is 30.1 Å². The van der Waals surface area contributed by atoms with E-state index in [-0.39, 0.29) is 35.0 Å². The van der Waals surface area contributed by atoms with Gasteiger partial charge in [-0.3, -0.25) is 14.9 Å². The molecule has 1 fully saturated rings. The molecule has 0 bridgehead atoms. The van der Waals surface area contributed by atoms with Crippen LogP contribution in [0.15, 0.2) is 30.5 Å². The van der Waals surface area contributed by atoms with E-state index in [1.807, 2.05) is 6.07 Å². The average molecular weight is 542 g/mol. The first-order valence-electron chi connectivity index (χ1n) is 12.1. The third-order valence-corrected chi connectivity index (χ3v) is 5.93. The molecule has 1 aromatic heterocycles. The molecule has 0 unspecified atom stereocenters. The minimum Gasteiger partial charge on any atom is -0.427 e. The molecule has 1 aromatic carbocycles. The first kappa shape index (κ1) is 29.0. The molecule has 39 heavy (non-hydrogen) atoms. The highest BCUT2D eigenvalue weighted by molar-refractivity contribution is 5.99. The van der Waals surface area contributed by atoms with E-state index in [1.165, 1.54) is 24.4 Å². The standard InChI is InChI=1S/C26H28FN5O7/c1-4-19(33)15-6-7-17(27)21(23(15)39-26(36)38-12-37-24(34)22(29)13(2)3)16-9-18(16)31-25(35)32-20-8-5-14(10-28)11-30-20/h5-8,11,13,16,18,22H,4,9,12,29H2,1-3H3,(H2,30,31,32,35)/t16-,18+,22+/m1/s1. The summed E-state index contributed by atoms with van der Waals surface area (Å²) in [4.78, 5) is 53.1. The Bertz CT molecular complexity index is 1290. The van der Waals surface area contributed by atoms with Gasteiger partial charge in [0.25, 0.3) is 0 Å². The molecule has 3 rings (SSSR count). The summed E-state index contributed by atoms with van der Waals surface area (Å²) in [6.07, 6.45) is 0.315. The van der Waals surface area contributed by atoms with E-state index in [4.69, 9.17) is 25.2 Å². The fraction of sp³-hybridized carbons (Fsp3) is 0.385. The van der Waals surface area contributed by atoms with Gasteiger partial charge >= 0.3 is 18.2 Å². The van der Waals surface area contributed by atoms with Gasteiger partial charge in [0.2, 0.25) is 6.79 Å². The molecular weight excluding hydrogens is 513 g/mol. The molecule has 3 atom stereocenters. The number of nitrogens with zero attached hydrogens (tertiary/aromatic N) is 2. The summed E-state index contributed by atoms with van der Waals surface area (Å²) in [6, 6.07) is 5.05. The molecule has 1 aliphatic rings. The highest BCUT2D eigenvalue weighted by Gasteiger charge is 2.44. The normalized spacial score (nSPS) is 16.4. The zero-order valence-electron chi connectivity index (χ0n) is 21.5. The number of carbonyl (C=O) groups excluding carboxylic acids is 4. The van der Waals surface area contributed by atoms with Crippen LogP contribution in [-0.4, -0.2) is 47.8 Å². The van der Waals surface area contributed by atoms with E-state index in [0.29, 0.717) is 12.0 Å². The van der Waals surface area contributed by atoms with Gasteiger partial charge in [-0.25, -0.2) is 19.0 Å². The molecular formula is C26H28FN5O7. The average Bonchev–Trinajstić information content (AvgIpc) is 3.66. The van der Waals surface area contributed by atoms with E-state index in [9.17, 15) is 23.6 Å². The minimum absolute atomic E-state index is 0.0402. The van der Waals surface area contributed by atoms with Crippen molar-refractivity contribution in [2.45, 2.75) is 51.6 Å². The number of hydrogen-bond acceptors (Lipinski definition) is 10. The molecule has 206 valence electrons. The Morgan fingerprint density at radius 1 is 1.21 bits per heavy atom. The van der Waals surface area contributed by atoms with E-state index in [0.717, 1.165) is 6.07 Å². The van der Waals surface area contributed by atoms with Crippen LogP contribution in [0.25, 0.3) is 0 Å². The van der Waals surface area contributed by atoms with Crippen LogP contribution in [-0.2, 0) is 14.3 Å². The Balaban J connectivity index is 1.70. The Hall–Kier alpha value is -4.57. The molecule has 0 saturated heterocycles. The van der Waals surface area contributed by atoms with Crippen LogP contribution in [0, 0.1) is 23.1 Å². The summed E-state index contributed by atoms with van der Waals surface area (Å²) in [5, 5.41) is 14.0. The number of benzene rings is 1. The summed E-state index contributed by atoms with van der Waals surface area (Å²) in [6.45, 7) is 4.23. The van der Waals surface area contributed by atoms with Crippen LogP contribution in [0.2, 0.25) is 0 Å². The zero-order chi connectivity index (χ0) is 28.7. The molecule has 13 heteroatoms. The van der Waals surface area contributed by atoms with Crippen LogP contribution in [0.3, 0.4) is 0 Å². The van der Waals surface area contributed by atoms with Crippen LogP contribution < -0.4 is 21.1 Å². The van der Waals surface area contributed by atoms with E-state index < -0.39 is 54.6 Å². The number of halogens is 1. The van der Waals surface area contributed by atoms with Crippen LogP contribution in [0.4, 0.5) is 19.8 Å². The number of Topliss-reactive ketones (excluding diaryl/α,β-unsaturated/α-hetero) is 1. The Kier molecular flexibility index (Phi) is 9.51. The first-order valence-corrected chi connectivity index (χ1v) is 12.1. The third kappa shape index (κ3) is 7.48. The summed E-state index contributed by atoms with van der Waals surface area (Å²) in [5.41, 5.74) is 5.88. The molecule has 0 radical (unpaired) electrons. The molecule has 1 aliphatic carbocycles. The van der Waals surface area contributed by atoms with Crippen LogP contribution >= 0.6 is 0 Å². The van der Waals surface area contributed by atoms with Crippen molar-refractivity contribution in [1.82, 2.24) is 10.3 Å². The molecule has 2 aromatic rings. The number of nitrogens with two attached hydrogens (primary N) is 1. The van der Waals surface area contributed by atoms with Gasteiger partial charge in [-0.15, -0.1) is 0 Å². The highest BCUT2D eigenvalue weighted by Crippen LogP contribution is 2.47. The molecule has 4 N–H and O–H groups in total. The van der Waals surface area contributed by atoms with Crippen molar-refractivity contribution in [3.63, 3.8) is 0 Å². The zero-order valence-corrected chi connectivity index (χ0v) is 21.5. The molecule has 2 amide bonds. The van der Waals surface area contributed by atoms with Gasteiger partial charge in [0.1, 0.15) is 23.7 Å². The van der Waals surface area contributed by atoms with Gasteiger partial charge in [0.05, 0.1) is 11.1 Å². The van der Waals surface area contributed by atoms with Gasteiger partial charge in [0.15, 0.2) is 11.5 Å². The Morgan fingerprint density at radius 3 is 2.56 bits per heavy atom. The fourth-order valence-corrected chi connectivity index (χ4v) is 3.59. The number of nitriles is 1. The fourth-order valence-electron chi connectivity index (χ4n) is 3.59. The maximum atomic E-state index is 15.0. The van der Waals surface area contributed by atoms with Crippen molar-refractivity contribution in [1.29, 1.82) is 5.26 Å². The van der Waals surface area contributed by atoms with Crippen LogP contribution in [0.1, 0.15) is 61.0 Å². The number of rotatable bonds is 10. The summed E-state index contributed by atoms with van der Waals surface area (Å²) >= 11 is 0. The number of amides is 2. The molecule has 1 heterocycles. The van der Waals surface area contributed by atoms with Crippen LogP contribution in [0.5, 0.6) is 5.75 Å². The number of ether oxygens (including phenoxy) is 3. The van der Waals surface area contributed by atoms with Crippen molar-refractivity contribution < 1.29 is 37.8 Å². The van der Waals surface area contributed by atoms with Crippen molar-refractivity contribution in [2.75, 3.05) is 12.1 Å². The predicted molar refractivity (Wildman–Crippen MR) is 134 cm³/mol. The minimum atomic E-state index is -1.33. The number of carbonyl (C=O) groups is 4. The number of pyridine rings is 1. The van der Waals surface area contributed by atoms with Crippen molar-refractivity contribution in [3.8, 4) is 11.8 Å². The SMILES string of the molecule is CCC(=O)c1ccc(F)c([C@@H]2C[C@@H]2NC(=O)Nc2ccc(C#N)cn2)c1OC(=O)OCOC(=O)[C@@H](N)C(C)C. The lowest BCUT2D eigenvalue weighted by Crippen LogP contribution is -2.37. The van der Waals surface area contributed by atoms with Gasteiger partial charge in [-0.1, -0.05) is 20.8 Å². The Labute approximate surface area is 223 Å². The van der Waals surface area contributed by atoms with Crippen molar-refractivity contribution in [2.24, 2.45) is 11.7 Å². The second-order valence-electron chi connectivity index (χ2n) is 9.05. The smallest absolute Gasteiger partial charge is 0.427 e. The lowest BCUT2D eigenvalue weighted by molar-refractivity contribution is -0.155. The lowest BCUT2D eigenvalue weighted by Gasteiger charge is -2.16. The van der Waals surface area contributed by atoms with Gasteiger partial charge in [-0.05, 0) is 36.6 Å². The molecule has 1 saturated carbocycles. The molecule has 12 nitrogen and oxygen atoms in total. The first-order chi connectivity index (χ1) is 18.5. The monoisotopic (exact) mass is 541 g/mol. The maximum Gasteiger partial charge on any atom is 0.516 e. The highest BCUT2D eigenvalue weighted by atomic mass is 19.1. The second-order valence-corrected chi connectivity index (χ2v) is 9.05. The van der Waals surface area contributed by atoms with E-state index in [2.05, 4.69) is 15.6 Å². The van der Waals surface area contributed by atoms with E-state index in [1.54, 1.807) is 20.8 Å². The molecule has 0 spiro atoms. The van der Waals surface area contributed by atoms with Crippen molar-refractivity contribution >= 4 is 29.8 Å². The number of nitrogens with one attached hydrogen (secondary N) is 2. The summed E-state index contributed by atoms with van der Waals surface area (Å²) < 4.78 is 29.8. The summed E-state index contributed by atoms with van der Waals surface area (Å²) in [7, 11) is 0. The largest absolute Gasteiger partial charge is 0.516 e. The third-order valence-electron chi connectivity index (χ3n) is 5.93. The Morgan fingerprint density at radius 2 is 1.95 bits per heavy atom. The molecule has 0 aliphatic heterocycles. The second kappa shape index (κ2) is 12.8. The topological polar surface area (TPSA) is 183 Å².